The molecule has 0 unspecified atom stereocenters. The van der Waals surface area contributed by atoms with Crippen molar-refractivity contribution in [2.45, 2.75) is 31.6 Å². The van der Waals surface area contributed by atoms with Gasteiger partial charge in [0.05, 0.1) is 0 Å². The van der Waals surface area contributed by atoms with Crippen LogP contribution in [0.2, 0.25) is 5.02 Å². The van der Waals surface area contributed by atoms with Crippen LogP contribution in [0.1, 0.15) is 30.4 Å². The minimum Gasteiger partial charge on any atom is -0.507 e. The molecule has 3 N–H and O–H groups in total. The first-order valence-corrected chi connectivity index (χ1v) is 5.66. The highest BCUT2D eigenvalue weighted by molar-refractivity contribution is 6.30. The molecule has 1 aromatic carbocycles. The van der Waals surface area contributed by atoms with Crippen molar-refractivity contribution in [3.8, 4) is 5.75 Å². The third-order valence-corrected chi connectivity index (χ3v) is 3.76. The fraction of sp³-hybridized carbons (Fsp3) is 0.500. The Morgan fingerprint density at radius 1 is 1.47 bits per heavy atom. The summed E-state index contributed by atoms with van der Waals surface area (Å²) in [4.78, 5) is 0. The summed E-state index contributed by atoms with van der Waals surface area (Å²) in [6.07, 6.45) is 3.29. The van der Waals surface area contributed by atoms with Gasteiger partial charge in [-0.1, -0.05) is 18.0 Å². The molecule has 2 rings (SSSR count). The summed E-state index contributed by atoms with van der Waals surface area (Å²) >= 11 is 6.01. The molecule has 1 saturated carbocycles. The molecular weight excluding hydrogens is 210 g/mol. The maximum atomic E-state index is 10.0. The van der Waals surface area contributed by atoms with Crippen LogP contribution in [-0.4, -0.2) is 11.7 Å². The molecule has 0 aromatic heterocycles. The van der Waals surface area contributed by atoms with E-state index in [4.69, 9.17) is 17.3 Å². The van der Waals surface area contributed by atoms with Crippen molar-refractivity contribution < 1.29 is 5.11 Å². The van der Waals surface area contributed by atoms with Crippen molar-refractivity contribution in [3.63, 3.8) is 0 Å². The summed E-state index contributed by atoms with van der Waals surface area (Å²) in [5, 5.41) is 10.7. The smallest absolute Gasteiger partial charge is 0.122 e. The molecule has 3 heteroatoms. The van der Waals surface area contributed by atoms with E-state index in [0.29, 0.717) is 17.3 Å². The number of benzene rings is 1. The predicted molar refractivity (Wildman–Crippen MR) is 62.4 cm³/mol. The second-order valence-electron chi connectivity index (χ2n) is 4.46. The third kappa shape index (κ3) is 1.62. The van der Waals surface area contributed by atoms with Crippen molar-refractivity contribution in [1.82, 2.24) is 0 Å². The Morgan fingerprint density at radius 3 is 2.60 bits per heavy atom. The molecule has 0 amide bonds. The lowest BCUT2D eigenvalue weighted by Crippen LogP contribution is -2.41. The zero-order valence-electron chi connectivity index (χ0n) is 8.89. The number of rotatable bonds is 2. The summed E-state index contributed by atoms with van der Waals surface area (Å²) in [5.74, 6) is 0.365. The number of phenols is 1. The number of aryl methyl sites for hydroxylation is 1. The van der Waals surface area contributed by atoms with Crippen LogP contribution in [0.5, 0.6) is 5.75 Å². The topological polar surface area (TPSA) is 46.2 Å². The number of hydrogen-bond acceptors (Lipinski definition) is 2. The van der Waals surface area contributed by atoms with E-state index in [1.54, 1.807) is 6.07 Å². The third-order valence-electron chi connectivity index (χ3n) is 3.54. The van der Waals surface area contributed by atoms with Gasteiger partial charge in [0.2, 0.25) is 0 Å². The molecule has 0 bridgehead atoms. The fourth-order valence-corrected chi connectivity index (χ4v) is 2.60. The Balaban J connectivity index is 2.51. The summed E-state index contributed by atoms with van der Waals surface area (Å²) in [6, 6.07) is 3.64. The molecule has 2 nitrogen and oxygen atoms in total. The minimum absolute atomic E-state index is 0.0280. The lowest BCUT2D eigenvalue weighted by Gasteiger charge is -2.42. The molecule has 0 radical (unpaired) electrons. The molecular formula is C12H16ClNO. The number of halogens is 1. The van der Waals surface area contributed by atoms with Crippen LogP contribution in [0.3, 0.4) is 0 Å². The summed E-state index contributed by atoms with van der Waals surface area (Å²) in [7, 11) is 0. The van der Waals surface area contributed by atoms with E-state index in [1.807, 2.05) is 13.0 Å². The maximum absolute atomic E-state index is 10.0. The molecule has 1 aliphatic carbocycles. The quantitative estimate of drug-likeness (QED) is 0.813. The van der Waals surface area contributed by atoms with Crippen LogP contribution in [0.25, 0.3) is 0 Å². The molecule has 0 aliphatic heterocycles. The molecule has 1 fully saturated rings. The van der Waals surface area contributed by atoms with Crippen LogP contribution in [0.4, 0.5) is 0 Å². The average molecular weight is 226 g/mol. The molecule has 1 aromatic rings. The largest absolute Gasteiger partial charge is 0.507 e. The molecule has 0 saturated heterocycles. The van der Waals surface area contributed by atoms with Gasteiger partial charge in [-0.15, -0.1) is 0 Å². The Bertz CT molecular complexity index is 380. The van der Waals surface area contributed by atoms with E-state index in [9.17, 15) is 5.11 Å². The molecule has 82 valence electrons. The summed E-state index contributed by atoms with van der Waals surface area (Å²) in [5.41, 5.74) is 7.55. The second-order valence-corrected chi connectivity index (χ2v) is 4.89. The average Bonchev–Trinajstić information content (AvgIpc) is 2.12. The lowest BCUT2D eigenvalue weighted by molar-refractivity contribution is 0.245. The Morgan fingerprint density at radius 2 is 2.13 bits per heavy atom. The van der Waals surface area contributed by atoms with Crippen LogP contribution in [-0.2, 0) is 5.41 Å². The van der Waals surface area contributed by atoms with E-state index in [-0.39, 0.29) is 5.41 Å². The van der Waals surface area contributed by atoms with E-state index < -0.39 is 0 Å². The first kappa shape index (κ1) is 10.8. The van der Waals surface area contributed by atoms with Gasteiger partial charge in [0.25, 0.3) is 0 Å². The molecule has 1 aliphatic rings. The number of aromatic hydroxyl groups is 1. The first-order valence-electron chi connectivity index (χ1n) is 5.29. The monoisotopic (exact) mass is 225 g/mol. The van der Waals surface area contributed by atoms with Gasteiger partial charge in [0.1, 0.15) is 5.75 Å². The zero-order valence-corrected chi connectivity index (χ0v) is 9.64. The van der Waals surface area contributed by atoms with Crippen molar-refractivity contribution >= 4 is 11.6 Å². The standard InChI is InChI=1S/C12H16ClNO/c1-8-5-9(13)6-10(11(8)15)12(7-14)3-2-4-12/h5-6,15H,2-4,7,14H2,1H3. The second kappa shape index (κ2) is 3.69. The number of phenolic OH excluding ortho intramolecular Hbond substituents is 1. The van der Waals surface area contributed by atoms with Crippen LogP contribution in [0, 0.1) is 6.92 Å². The fourth-order valence-electron chi connectivity index (χ4n) is 2.33. The van der Waals surface area contributed by atoms with Gasteiger partial charge in [-0.2, -0.15) is 0 Å². The first-order chi connectivity index (χ1) is 7.09. The summed E-state index contributed by atoms with van der Waals surface area (Å²) < 4.78 is 0. The number of nitrogens with two attached hydrogens (primary N) is 1. The molecule has 15 heavy (non-hydrogen) atoms. The Hall–Kier alpha value is -0.730. The Labute approximate surface area is 95.1 Å². The zero-order chi connectivity index (χ0) is 11.1. The van der Waals surface area contributed by atoms with Gasteiger partial charge < -0.3 is 10.8 Å². The highest BCUT2D eigenvalue weighted by Crippen LogP contribution is 2.47. The van der Waals surface area contributed by atoms with Crippen molar-refractivity contribution in [2.75, 3.05) is 6.54 Å². The Kier molecular flexibility index (Phi) is 2.65. The summed E-state index contributed by atoms with van der Waals surface area (Å²) in [6.45, 7) is 2.45. The minimum atomic E-state index is -0.0280. The van der Waals surface area contributed by atoms with Gasteiger partial charge >= 0.3 is 0 Å². The number of hydrogen-bond donors (Lipinski definition) is 2. The van der Waals surface area contributed by atoms with Crippen LogP contribution < -0.4 is 5.73 Å². The van der Waals surface area contributed by atoms with Crippen molar-refractivity contribution in [2.24, 2.45) is 5.73 Å². The molecule has 0 atom stereocenters. The van der Waals surface area contributed by atoms with E-state index >= 15 is 0 Å². The lowest BCUT2D eigenvalue weighted by atomic mass is 9.64. The highest BCUT2D eigenvalue weighted by Gasteiger charge is 2.39. The van der Waals surface area contributed by atoms with Gasteiger partial charge in [-0.25, -0.2) is 0 Å². The van der Waals surface area contributed by atoms with Crippen molar-refractivity contribution in [1.29, 1.82) is 0 Å². The van der Waals surface area contributed by atoms with Gasteiger partial charge in [-0.3, -0.25) is 0 Å². The predicted octanol–water partition coefficient (Wildman–Crippen LogP) is 2.73. The van der Waals surface area contributed by atoms with E-state index in [1.165, 1.54) is 6.42 Å². The van der Waals surface area contributed by atoms with Crippen LogP contribution >= 0.6 is 11.6 Å². The highest BCUT2D eigenvalue weighted by atomic mass is 35.5. The van der Waals surface area contributed by atoms with Gasteiger partial charge in [-0.05, 0) is 37.5 Å². The van der Waals surface area contributed by atoms with Crippen LogP contribution in [0.15, 0.2) is 12.1 Å². The van der Waals surface area contributed by atoms with E-state index in [2.05, 4.69) is 0 Å². The SMILES string of the molecule is Cc1cc(Cl)cc(C2(CN)CCC2)c1O. The van der Waals surface area contributed by atoms with Gasteiger partial charge in [0.15, 0.2) is 0 Å². The normalized spacial score (nSPS) is 18.6. The van der Waals surface area contributed by atoms with Crippen molar-refractivity contribution in [3.05, 3.63) is 28.3 Å². The molecule has 0 heterocycles. The van der Waals surface area contributed by atoms with Gasteiger partial charge in [0, 0.05) is 22.5 Å². The maximum Gasteiger partial charge on any atom is 0.122 e. The van der Waals surface area contributed by atoms with E-state index in [0.717, 1.165) is 24.0 Å². The molecule has 0 spiro atoms.